The smallest absolute Gasteiger partial charge is 0.271 e. The van der Waals surface area contributed by atoms with E-state index in [4.69, 9.17) is 27.9 Å². The Morgan fingerprint density at radius 1 is 1.10 bits per heavy atom. The van der Waals surface area contributed by atoms with Gasteiger partial charge in [0.15, 0.2) is 0 Å². The standard InChI is InChI=1S/C23H23Cl2N3O2/c1-30-21-9-5-4-8-19(21)27-23(29)20-14-28(16-12-10-15(24)11-13-16)22(26-20)17-6-2-3-7-18(17)25/h2-3,6-7,10-14,19,21H,4-5,8-9H2,1H3,(H,27,29). The highest BCUT2D eigenvalue weighted by atomic mass is 35.5. The van der Waals surface area contributed by atoms with E-state index in [1.165, 1.54) is 0 Å². The van der Waals surface area contributed by atoms with Gasteiger partial charge in [0.05, 0.1) is 17.2 Å². The summed E-state index contributed by atoms with van der Waals surface area (Å²) in [5.74, 6) is 0.380. The zero-order chi connectivity index (χ0) is 21.1. The number of imidazole rings is 1. The van der Waals surface area contributed by atoms with Gasteiger partial charge in [-0.25, -0.2) is 4.98 Å². The Kier molecular flexibility index (Phi) is 6.42. The third-order valence-corrected chi connectivity index (χ3v) is 6.06. The van der Waals surface area contributed by atoms with Gasteiger partial charge in [0, 0.05) is 29.6 Å². The van der Waals surface area contributed by atoms with Crippen molar-refractivity contribution in [3.8, 4) is 17.1 Å². The second-order valence-electron chi connectivity index (χ2n) is 7.41. The van der Waals surface area contributed by atoms with Crippen LogP contribution in [0.4, 0.5) is 0 Å². The van der Waals surface area contributed by atoms with Gasteiger partial charge in [-0.05, 0) is 49.2 Å². The average molecular weight is 444 g/mol. The zero-order valence-corrected chi connectivity index (χ0v) is 18.2. The van der Waals surface area contributed by atoms with Crippen molar-refractivity contribution in [2.24, 2.45) is 0 Å². The average Bonchev–Trinajstić information content (AvgIpc) is 3.20. The van der Waals surface area contributed by atoms with Crippen molar-refractivity contribution >= 4 is 29.1 Å². The Morgan fingerprint density at radius 2 is 1.83 bits per heavy atom. The Bertz CT molecular complexity index is 1030. The van der Waals surface area contributed by atoms with E-state index >= 15 is 0 Å². The molecule has 3 aromatic rings. The van der Waals surface area contributed by atoms with Crippen LogP contribution in [0.25, 0.3) is 17.1 Å². The molecule has 1 N–H and O–H groups in total. The molecule has 0 bridgehead atoms. The summed E-state index contributed by atoms with van der Waals surface area (Å²) in [7, 11) is 1.69. The number of halogens is 2. The molecule has 0 saturated heterocycles. The summed E-state index contributed by atoms with van der Waals surface area (Å²) in [4.78, 5) is 17.7. The molecule has 0 radical (unpaired) electrons. The first-order valence-corrected chi connectivity index (χ1v) is 10.8. The Hall–Kier alpha value is -2.34. The Labute approximate surface area is 186 Å². The number of hydrogen-bond acceptors (Lipinski definition) is 3. The van der Waals surface area contributed by atoms with Crippen LogP contribution >= 0.6 is 23.2 Å². The lowest BCUT2D eigenvalue weighted by atomic mass is 9.92. The van der Waals surface area contributed by atoms with Crippen molar-refractivity contribution < 1.29 is 9.53 Å². The van der Waals surface area contributed by atoms with E-state index in [1.54, 1.807) is 25.4 Å². The van der Waals surface area contributed by atoms with Gasteiger partial charge in [-0.2, -0.15) is 0 Å². The van der Waals surface area contributed by atoms with Crippen LogP contribution in [0.3, 0.4) is 0 Å². The molecule has 0 aliphatic heterocycles. The van der Waals surface area contributed by atoms with E-state index in [9.17, 15) is 4.79 Å². The third kappa shape index (κ3) is 4.38. The first-order chi connectivity index (χ1) is 14.6. The van der Waals surface area contributed by atoms with E-state index in [0.29, 0.717) is 21.6 Å². The van der Waals surface area contributed by atoms with Gasteiger partial charge in [-0.3, -0.25) is 9.36 Å². The molecule has 4 rings (SSSR count). The molecule has 1 heterocycles. The van der Waals surface area contributed by atoms with Crippen LogP contribution in [-0.4, -0.2) is 34.7 Å². The maximum absolute atomic E-state index is 13.0. The topological polar surface area (TPSA) is 56.1 Å². The summed E-state index contributed by atoms with van der Waals surface area (Å²) in [5, 5.41) is 4.31. The van der Waals surface area contributed by atoms with E-state index in [-0.39, 0.29) is 18.1 Å². The summed E-state index contributed by atoms with van der Waals surface area (Å²) in [6.07, 6.45) is 5.82. The van der Waals surface area contributed by atoms with Crippen molar-refractivity contribution in [3.05, 3.63) is 70.5 Å². The molecule has 2 aromatic carbocycles. The Morgan fingerprint density at radius 3 is 2.57 bits per heavy atom. The molecule has 2 atom stereocenters. The number of aromatic nitrogens is 2. The Balaban J connectivity index is 1.71. The van der Waals surface area contributed by atoms with E-state index < -0.39 is 0 Å². The molecular formula is C23H23Cl2N3O2. The molecule has 0 spiro atoms. The molecule has 1 saturated carbocycles. The van der Waals surface area contributed by atoms with Crippen molar-refractivity contribution in [3.63, 3.8) is 0 Å². The lowest BCUT2D eigenvalue weighted by molar-refractivity contribution is 0.0391. The second-order valence-corrected chi connectivity index (χ2v) is 8.26. The number of rotatable bonds is 5. The fourth-order valence-corrected chi connectivity index (χ4v) is 4.25. The first-order valence-electron chi connectivity index (χ1n) is 10.0. The highest BCUT2D eigenvalue weighted by molar-refractivity contribution is 6.33. The van der Waals surface area contributed by atoms with E-state index in [2.05, 4.69) is 10.3 Å². The van der Waals surface area contributed by atoms with Crippen LogP contribution in [0.5, 0.6) is 0 Å². The maximum Gasteiger partial charge on any atom is 0.271 e. The van der Waals surface area contributed by atoms with Gasteiger partial charge in [0.25, 0.3) is 5.91 Å². The van der Waals surface area contributed by atoms with Crippen LogP contribution in [0.15, 0.2) is 54.7 Å². The lowest BCUT2D eigenvalue weighted by Crippen LogP contribution is -2.46. The van der Waals surface area contributed by atoms with Gasteiger partial charge in [-0.15, -0.1) is 0 Å². The summed E-state index contributed by atoms with van der Waals surface area (Å²) >= 11 is 12.5. The first kappa shape index (κ1) is 20.9. The maximum atomic E-state index is 13.0. The number of carbonyl (C=O) groups excluding carboxylic acids is 1. The van der Waals surface area contributed by atoms with Gasteiger partial charge < -0.3 is 10.1 Å². The number of hydrogen-bond donors (Lipinski definition) is 1. The van der Waals surface area contributed by atoms with Crippen molar-refractivity contribution in [2.45, 2.75) is 37.8 Å². The molecule has 30 heavy (non-hydrogen) atoms. The summed E-state index contributed by atoms with van der Waals surface area (Å²) in [6.45, 7) is 0. The number of methoxy groups -OCH3 is 1. The molecule has 2 unspecified atom stereocenters. The molecule has 1 aromatic heterocycles. The number of nitrogens with zero attached hydrogens (tertiary/aromatic N) is 2. The number of carbonyl (C=O) groups is 1. The van der Waals surface area contributed by atoms with Crippen LogP contribution < -0.4 is 5.32 Å². The molecule has 1 amide bonds. The number of nitrogens with one attached hydrogen (secondary N) is 1. The molecule has 156 valence electrons. The summed E-state index contributed by atoms with van der Waals surface area (Å²) < 4.78 is 7.43. The number of benzene rings is 2. The molecule has 1 aliphatic rings. The summed E-state index contributed by atoms with van der Waals surface area (Å²) in [6, 6.07) is 14.8. The lowest BCUT2D eigenvalue weighted by Gasteiger charge is -2.30. The van der Waals surface area contributed by atoms with Gasteiger partial charge >= 0.3 is 0 Å². The van der Waals surface area contributed by atoms with Gasteiger partial charge in [-0.1, -0.05) is 48.2 Å². The minimum Gasteiger partial charge on any atom is -0.379 e. The molecule has 1 aliphatic carbocycles. The number of ether oxygens (including phenoxy) is 1. The minimum absolute atomic E-state index is 0.0132. The van der Waals surface area contributed by atoms with Gasteiger partial charge in [0.2, 0.25) is 0 Å². The monoisotopic (exact) mass is 443 g/mol. The zero-order valence-electron chi connectivity index (χ0n) is 16.6. The fourth-order valence-electron chi connectivity index (χ4n) is 3.91. The predicted molar refractivity (Wildman–Crippen MR) is 120 cm³/mol. The van der Waals surface area contributed by atoms with Gasteiger partial charge in [0.1, 0.15) is 11.5 Å². The molecule has 7 heteroatoms. The highest BCUT2D eigenvalue weighted by Gasteiger charge is 2.28. The van der Waals surface area contributed by atoms with Crippen LogP contribution in [0, 0.1) is 0 Å². The van der Waals surface area contributed by atoms with Crippen molar-refractivity contribution in [1.82, 2.24) is 14.9 Å². The van der Waals surface area contributed by atoms with Crippen molar-refractivity contribution in [1.29, 1.82) is 0 Å². The fraction of sp³-hybridized carbons (Fsp3) is 0.304. The van der Waals surface area contributed by atoms with Crippen molar-refractivity contribution in [2.75, 3.05) is 7.11 Å². The van der Waals surface area contributed by atoms with E-state index in [1.807, 2.05) is 41.0 Å². The van der Waals surface area contributed by atoms with Crippen LogP contribution in [0.2, 0.25) is 10.0 Å². The predicted octanol–water partition coefficient (Wildman–Crippen LogP) is 5.53. The highest BCUT2D eigenvalue weighted by Crippen LogP contribution is 2.30. The normalized spacial score (nSPS) is 18.9. The molecule has 1 fully saturated rings. The molecule has 5 nitrogen and oxygen atoms in total. The summed E-state index contributed by atoms with van der Waals surface area (Å²) in [5.41, 5.74) is 1.93. The molecular weight excluding hydrogens is 421 g/mol. The second kappa shape index (κ2) is 9.21. The van der Waals surface area contributed by atoms with E-state index in [0.717, 1.165) is 36.9 Å². The third-order valence-electron chi connectivity index (χ3n) is 5.48. The number of amides is 1. The SMILES string of the molecule is COC1CCCCC1NC(=O)c1cn(-c2ccc(Cl)cc2)c(-c2ccccc2Cl)n1. The quantitative estimate of drug-likeness (QED) is 0.563. The largest absolute Gasteiger partial charge is 0.379 e. The van der Waals surface area contributed by atoms with Crippen LogP contribution in [-0.2, 0) is 4.74 Å². The van der Waals surface area contributed by atoms with Crippen LogP contribution in [0.1, 0.15) is 36.2 Å². The minimum atomic E-state index is -0.218.